The molecule has 0 spiro atoms. The zero-order valence-corrected chi connectivity index (χ0v) is 17.7. The van der Waals surface area contributed by atoms with Crippen LogP contribution in [0, 0.1) is 0 Å². The highest BCUT2D eigenvalue weighted by Gasteiger charge is 2.38. The van der Waals surface area contributed by atoms with Crippen LogP contribution < -0.4 is 4.74 Å². The van der Waals surface area contributed by atoms with Crippen LogP contribution in [0.2, 0.25) is 0 Å². The first kappa shape index (κ1) is 20.1. The van der Waals surface area contributed by atoms with Crippen molar-refractivity contribution in [3.8, 4) is 27.4 Å². The van der Waals surface area contributed by atoms with Crippen molar-refractivity contribution in [2.24, 2.45) is 0 Å². The number of aliphatic hydroxyl groups excluding tert-OH is 1. The average molecular weight is 410 g/mol. The number of methoxy groups -OCH3 is 1. The van der Waals surface area contributed by atoms with E-state index < -0.39 is 5.60 Å². The van der Waals surface area contributed by atoms with E-state index in [1.807, 2.05) is 24.3 Å². The molecule has 1 heterocycles. The molecule has 1 aliphatic rings. The molecule has 0 amide bonds. The lowest BCUT2D eigenvalue weighted by Crippen LogP contribution is -2.33. The van der Waals surface area contributed by atoms with Crippen molar-refractivity contribution in [2.75, 3.05) is 7.11 Å². The molecule has 0 bridgehead atoms. The lowest BCUT2D eigenvalue weighted by atomic mass is 9.84. The molecule has 0 radical (unpaired) electrons. The Morgan fingerprint density at radius 2 is 1.66 bits per heavy atom. The molecular formula is C24H27NO3S. The largest absolute Gasteiger partial charge is 0.497 e. The molecule has 2 N–H and O–H groups in total. The third-order valence-electron chi connectivity index (χ3n) is 5.80. The molecule has 152 valence electrons. The standard InChI is InChI=1S/C24H27NO3S/c1-3-16-4-6-18(7-5-16)22-21(17-8-10-20(28-2)11-9-17)25-23(29-22)24(27)14-12-19(26)13-15-24/h4-11,19,26-27H,3,12-15H2,1-2H3. The minimum atomic E-state index is -0.966. The number of hydrogen-bond donors (Lipinski definition) is 2. The van der Waals surface area contributed by atoms with Gasteiger partial charge in [-0.1, -0.05) is 31.2 Å². The summed E-state index contributed by atoms with van der Waals surface area (Å²) in [6.45, 7) is 2.15. The van der Waals surface area contributed by atoms with Gasteiger partial charge in [0.25, 0.3) is 0 Å². The van der Waals surface area contributed by atoms with Gasteiger partial charge in [0.15, 0.2) is 0 Å². The van der Waals surface area contributed by atoms with Crippen molar-refractivity contribution in [1.29, 1.82) is 0 Å². The van der Waals surface area contributed by atoms with Crippen molar-refractivity contribution in [1.82, 2.24) is 4.98 Å². The second-order valence-corrected chi connectivity index (χ2v) is 8.74. The third-order valence-corrected chi connectivity index (χ3v) is 7.09. The van der Waals surface area contributed by atoms with Crippen LogP contribution in [0.4, 0.5) is 0 Å². The van der Waals surface area contributed by atoms with Gasteiger partial charge in [-0.2, -0.15) is 0 Å². The van der Waals surface area contributed by atoms with E-state index in [4.69, 9.17) is 9.72 Å². The summed E-state index contributed by atoms with van der Waals surface area (Å²) in [4.78, 5) is 5.98. The van der Waals surface area contributed by atoms with Crippen LogP contribution in [0.25, 0.3) is 21.7 Å². The molecular weight excluding hydrogens is 382 g/mol. The molecule has 2 aromatic carbocycles. The maximum absolute atomic E-state index is 11.3. The van der Waals surface area contributed by atoms with Crippen molar-refractivity contribution < 1.29 is 14.9 Å². The summed E-state index contributed by atoms with van der Waals surface area (Å²) in [5.41, 5.74) is 3.33. The Bertz CT molecular complexity index is 890. The molecule has 4 rings (SSSR count). The van der Waals surface area contributed by atoms with Crippen LogP contribution in [0.1, 0.15) is 43.2 Å². The number of nitrogens with zero attached hydrogens (tertiary/aromatic N) is 1. The maximum atomic E-state index is 11.3. The van der Waals surface area contributed by atoms with Gasteiger partial charge in [-0.3, -0.25) is 0 Å². The molecule has 0 atom stereocenters. The Morgan fingerprint density at radius 1 is 1.03 bits per heavy atom. The SMILES string of the molecule is CCc1ccc(-c2sc(C3(O)CCC(O)CC3)nc2-c2ccc(OC)cc2)cc1. The van der Waals surface area contributed by atoms with Gasteiger partial charge in [0, 0.05) is 5.56 Å². The predicted molar refractivity (Wildman–Crippen MR) is 117 cm³/mol. The number of ether oxygens (including phenoxy) is 1. The van der Waals surface area contributed by atoms with Crippen molar-refractivity contribution in [3.63, 3.8) is 0 Å². The number of aryl methyl sites for hydroxylation is 1. The van der Waals surface area contributed by atoms with Gasteiger partial charge in [0.1, 0.15) is 16.4 Å². The first-order valence-corrected chi connectivity index (χ1v) is 11.0. The third kappa shape index (κ3) is 4.08. The molecule has 0 aliphatic heterocycles. The zero-order chi connectivity index (χ0) is 20.4. The molecule has 1 saturated carbocycles. The molecule has 29 heavy (non-hydrogen) atoms. The number of benzene rings is 2. The second kappa shape index (κ2) is 8.27. The summed E-state index contributed by atoms with van der Waals surface area (Å²) in [6, 6.07) is 16.5. The first-order valence-electron chi connectivity index (χ1n) is 10.2. The molecule has 4 nitrogen and oxygen atoms in total. The molecule has 5 heteroatoms. The Hall–Kier alpha value is -2.21. The number of thiazole rings is 1. The fraction of sp³-hybridized carbons (Fsp3) is 0.375. The van der Waals surface area contributed by atoms with Crippen LogP contribution in [0.15, 0.2) is 48.5 Å². The lowest BCUT2D eigenvalue weighted by molar-refractivity contribution is -0.0361. The van der Waals surface area contributed by atoms with Gasteiger partial charge in [-0.25, -0.2) is 4.98 Å². The second-order valence-electron chi connectivity index (χ2n) is 7.74. The minimum Gasteiger partial charge on any atom is -0.497 e. The van der Waals surface area contributed by atoms with Crippen LogP contribution in [-0.2, 0) is 12.0 Å². The summed E-state index contributed by atoms with van der Waals surface area (Å²) in [6.07, 6.45) is 2.97. The van der Waals surface area contributed by atoms with E-state index >= 15 is 0 Å². The normalized spacial score (nSPS) is 21.9. The van der Waals surface area contributed by atoms with E-state index in [0.29, 0.717) is 25.7 Å². The number of rotatable bonds is 5. The van der Waals surface area contributed by atoms with Crippen molar-refractivity contribution in [3.05, 3.63) is 59.1 Å². The fourth-order valence-corrected chi connectivity index (χ4v) is 5.08. The fourth-order valence-electron chi connectivity index (χ4n) is 3.85. The molecule has 3 aromatic rings. The Morgan fingerprint density at radius 3 is 2.24 bits per heavy atom. The van der Waals surface area contributed by atoms with Crippen LogP contribution in [0.3, 0.4) is 0 Å². The van der Waals surface area contributed by atoms with Crippen molar-refractivity contribution in [2.45, 2.75) is 50.7 Å². The highest BCUT2D eigenvalue weighted by molar-refractivity contribution is 7.15. The number of aliphatic hydroxyl groups is 2. The number of aromatic nitrogens is 1. The molecule has 1 aliphatic carbocycles. The monoisotopic (exact) mass is 409 g/mol. The Kier molecular flexibility index (Phi) is 5.72. The van der Waals surface area contributed by atoms with Gasteiger partial charge >= 0.3 is 0 Å². The molecule has 0 saturated heterocycles. The van der Waals surface area contributed by atoms with E-state index in [0.717, 1.165) is 38.9 Å². The van der Waals surface area contributed by atoms with Gasteiger partial charge < -0.3 is 14.9 Å². The van der Waals surface area contributed by atoms with E-state index in [-0.39, 0.29) is 6.10 Å². The summed E-state index contributed by atoms with van der Waals surface area (Å²) < 4.78 is 5.29. The van der Waals surface area contributed by atoms with Crippen molar-refractivity contribution >= 4 is 11.3 Å². The van der Waals surface area contributed by atoms with Gasteiger partial charge in [0.05, 0.1) is 23.8 Å². The molecule has 0 unspecified atom stereocenters. The topological polar surface area (TPSA) is 62.6 Å². The van der Waals surface area contributed by atoms with Crippen LogP contribution in [-0.4, -0.2) is 28.4 Å². The van der Waals surface area contributed by atoms with Crippen LogP contribution in [0.5, 0.6) is 5.75 Å². The van der Waals surface area contributed by atoms with E-state index in [9.17, 15) is 10.2 Å². The predicted octanol–water partition coefficient (Wildman–Crippen LogP) is 5.17. The van der Waals surface area contributed by atoms with Gasteiger partial charge in [0.2, 0.25) is 0 Å². The molecule has 1 fully saturated rings. The quantitative estimate of drug-likeness (QED) is 0.610. The zero-order valence-electron chi connectivity index (χ0n) is 16.9. The minimum absolute atomic E-state index is 0.322. The maximum Gasteiger partial charge on any atom is 0.126 e. The number of hydrogen-bond acceptors (Lipinski definition) is 5. The summed E-state index contributed by atoms with van der Waals surface area (Å²) >= 11 is 1.56. The van der Waals surface area contributed by atoms with Gasteiger partial charge in [-0.15, -0.1) is 11.3 Å². The Balaban J connectivity index is 1.79. The highest BCUT2D eigenvalue weighted by Crippen LogP contribution is 2.45. The average Bonchev–Trinajstić information content (AvgIpc) is 3.22. The van der Waals surface area contributed by atoms with E-state index in [1.54, 1.807) is 18.4 Å². The molecule has 1 aromatic heterocycles. The highest BCUT2D eigenvalue weighted by atomic mass is 32.1. The first-order chi connectivity index (χ1) is 14.0. The summed E-state index contributed by atoms with van der Waals surface area (Å²) in [7, 11) is 1.66. The lowest BCUT2D eigenvalue weighted by Gasteiger charge is -2.32. The summed E-state index contributed by atoms with van der Waals surface area (Å²) in [5.74, 6) is 0.804. The van der Waals surface area contributed by atoms with E-state index in [2.05, 4.69) is 31.2 Å². The van der Waals surface area contributed by atoms with Gasteiger partial charge in [-0.05, 0) is 67.5 Å². The summed E-state index contributed by atoms with van der Waals surface area (Å²) in [5, 5.41) is 21.9. The van der Waals surface area contributed by atoms with E-state index in [1.165, 1.54) is 5.56 Å². The van der Waals surface area contributed by atoms with Crippen LogP contribution >= 0.6 is 11.3 Å². The Labute approximate surface area is 175 Å². The smallest absolute Gasteiger partial charge is 0.126 e.